The van der Waals surface area contributed by atoms with Gasteiger partial charge in [-0.1, -0.05) is 66.7 Å². The maximum Gasteiger partial charge on any atom is 0.127 e. The molecule has 0 heterocycles. The maximum atomic E-state index is 10.2. The van der Waals surface area contributed by atoms with Crippen molar-refractivity contribution in [2.24, 2.45) is 0 Å². The summed E-state index contributed by atoms with van der Waals surface area (Å²) in [6, 6.07) is 27.7. The van der Waals surface area contributed by atoms with Crippen LogP contribution in [0, 0.1) is 0 Å². The van der Waals surface area contributed by atoms with Crippen molar-refractivity contribution in [1.82, 2.24) is 10.9 Å². The Bertz CT molecular complexity index is 1150. The first kappa shape index (κ1) is 22.0. The highest BCUT2D eigenvalue weighted by Crippen LogP contribution is 2.25. The molecule has 0 radical (unpaired) electrons. The van der Waals surface area contributed by atoms with Crippen LogP contribution in [0.1, 0.15) is 0 Å². The Hall–Kier alpha value is -3.16. The van der Waals surface area contributed by atoms with E-state index in [1.807, 2.05) is 84.9 Å². The molecule has 6 nitrogen and oxygen atoms in total. The average molecular weight is 433 g/mol. The van der Waals surface area contributed by atoms with Gasteiger partial charge in [0.25, 0.3) is 0 Å². The van der Waals surface area contributed by atoms with E-state index in [9.17, 15) is 10.2 Å². The highest BCUT2D eigenvalue weighted by atomic mass is 16.5. The molecule has 0 saturated carbocycles. The summed E-state index contributed by atoms with van der Waals surface area (Å²) in [4.78, 5) is 0. The number of rotatable bonds is 11. The Kier molecular flexibility index (Phi) is 7.53. The SMILES string of the molecule is OC(CNNCC(O)COc1cccc2ccccc12)COc1ccc2ccccc2c1. The van der Waals surface area contributed by atoms with Gasteiger partial charge in [0.2, 0.25) is 0 Å². The molecule has 0 saturated heterocycles. The molecule has 0 aliphatic rings. The number of ether oxygens (including phenoxy) is 2. The van der Waals surface area contributed by atoms with Gasteiger partial charge in [-0.25, -0.2) is 0 Å². The van der Waals surface area contributed by atoms with Gasteiger partial charge in [0, 0.05) is 18.5 Å². The number of hydrogen-bond acceptors (Lipinski definition) is 6. The van der Waals surface area contributed by atoms with Crippen LogP contribution in [-0.4, -0.2) is 48.7 Å². The number of fused-ring (bicyclic) bond motifs is 2. The summed E-state index contributed by atoms with van der Waals surface area (Å²) in [5, 5.41) is 24.7. The van der Waals surface area contributed by atoms with Gasteiger partial charge >= 0.3 is 0 Å². The number of aliphatic hydroxyl groups excluding tert-OH is 2. The Balaban J connectivity index is 1.13. The molecule has 6 heteroatoms. The third kappa shape index (κ3) is 5.96. The molecule has 4 N–H and O–H groups in total. The molecule has 0 fully saturated rings. The zero-order valence-electron chi connectivity index (χ0n) is 17.8. The molecule has 32 heavy (non-hydrogen) atoms. The zero-order valence-corrected chi connectivity index (χ0v) is 17.8. The Morgan fingerprint density at radius 3 is 2.03 bits per heavy atom. The summed E-state index contributed by atoms with van der Waals surface area (Å²) < 4.78 is 11.5. The smallest absolute Gasteiger partial charge is 0.127 e. The molecule has 0 spiro atoms. The van der Waals surface area contributed by atoms with E-state index in [1.165, 1.54) is 0 Å². The Morgan fingerprint density at radius 2 is 1.25 bits per heavy atom. The van der Waals surface area contributed by atoms with Crippen molar-refractivity contribution in [3.05, 3.63) is 84.9 Å². The standard InChI is InChI=1S/C26H28N2O4/c29-22(17-31-24-13-12-19-6-1-2-8-21(19)14-24)15-27-28-16-23(30)18-32-26-11-5-9-20-7-3-4-10-25(20)26/h1-14,22-23,27-30H,15-18H2. The maximum absolute atomic E-state index is 10.2. The van der Waals surface area contributed by atoms with Crippen LogP contribution in [0.4, 0.5) is 0 Å². The molecule has 0 aromatic heterocycles. The van der Waals surface area contributed by atoms with Crippen LogP contribution in [0.5, 0.6) is 11.5 Å². The van der Waals surface area contributed by atoms with Gasteiger partial charge in [0.15, 0.2) is 0 Å². The van der Waals surface area contributed by atoms with Crippen LogP contribution in [0.15, 0.2) is 84.9 Å². The number of hydrazine groups is 1. The lowest BCUT2D eigenvalue weighted by Crippen LogP contribution is -2.44. The van der Waals surface area contributed by atoms with Gasteiger partial charge in [0.05, 0.1) is 0 Å². The predicted molar refractivity (Wildman–Crippen MR) is 127 cm³/mol. The highest BCUT2D eigenvalue weighted by Gasteiger charge is 2.09. The average Bonchev–Trinajstić information content (AvgIpc) is 2.84. The molecule has 0 aliphatic carbocycles. The van der Waals surface area contributed by atoms with E-state index in [1.54, 1.807) is 0 Å². The molecule has 2 unspecified atom stereocenters. The van der Waals surface area contributed by atoms with E-state index in [2.05, 4.69) is 10.9 Å². The van der Waals surface area contributed by atoms with Crippen LogP contribution < -0.4 is 20.3 Å². The van der Waals surface area contributed by atoms with Crippen LogP contribution in [-0.2, 0) is 0 Å². The van der Waals surface area contributed by atoms with Crippen molar-refractivity contribution in [3.8, 4) is 11.5 Å². The van der Waals surface area contributed by atoms with Crippen molar-refractivity contribution >= 4 is 21.5 Å². The summed E-state index contributed by atoms with van der Waals surface area (Å²) in [5.74, 6) is 1.47. The summed E-state index contributed by atoms with van der Waals surface area (Å²) in [6.07, 6.45) is -1.40. The van der Waals surface area contributed by atoms with E-state index in [-0.39, 0.29) is 26.3 Å². The summed E-state index contributed by atoms with van der Waals surface area (Å²) in [5.41, 5.74) is 5.83. The normalized spacial score (nSPS) is 13.2. The Morgan fingerprint density at radius 1 is 0.625 bits per heavy atom. The summed E-state index contributed by atoms with van der Waals surface area (Å²) in [6.45, 7) is 0.892. The van der Waals surface area contributed by atoms with Crippen molar-refractivity contribution in [2.75, 3.05) is 26.3 Å². The minimum Gasteiger partial charge on any atom is -0.491 e. The monoisotopic (exact) mass is 432 g/mol. The minimum absolute atomic E-state index is 0.163. The second-order valence-electron chi connectivity index (χ2n) is 7.68. The second kappa shape index (κ2) is 10.9. The number of hydrogen-bond donors (Lipinski definition) is 4. The number of benzene rings is 4. The first-order chi connectivity index (χ1) is 15.7. The second-order valence-corrected chi connectivity index (χ2v) is 7.68. The molecule has 4 aromatic carbocycles. The summed E-state index contributed by atoms with van der Waals surface area (Å²) >= 11 is 0. The topological polar surface area (TPSA) is 83.0 Å². The quantitative estimate of drug-likeness (QED) is 0.215. The zero-order chi connectivity index (χ0) is 22.2. The van der Waals surface area contributed by atoms with Crippen LogP contribution in [0.3, 0.4) is 0 Å². The lowest BCUT2D eigenvalue weighted by Gasteiger charge is -2.17. The van der Waals surface area contributed by atoms with Crippen molar-refractivity contribution < 1.29 is 19.7 Å². The fourth-order valence-electron chi connectivity index (χ4n) is 3.45. The molecular weight excluding hydrogens is 404 g/mol. The van der Waals surface area contributed by atoms with Gasteiger partial charge in [-0.05, 0) is 34.4 Å². The molecule has 166 valence electrons. The van der Waals surface area contributed by atoms with Gasteiger partial charge in [-0.3, -0.25) is 10.9 Å². The lowest BCUT2D eigenvalue weighted by molar-refractivity contribution is 0.0887. The third-order valence-corrected chi connectivity index (χ3v) is 5.14. The molecule has 4 rings (SSSR count). The van der Waals surface area contributed by atoms with Crippen molar-refractivity contribution in [2.45, 2.75) is 12.2 Å². The van der Waals surface area contributed by atoms with Gasteiger partial charge in [-0.2, -0.15) is 0 Å². The van der Waals surface area contributed by atoms with Gasteiger partial charge < -0.3 is 19.7 Å². The number of aliphatic hydroxyl groups is 2. The molecule has 4 aromatic rings. The van der Waals surface area contributed by atoms with Crippen molar-refractivity contribution in [1.29, 1.82) is 0 Å². The Labute approximate surface area is 187 Å². The van der Waals surface area contributed by atoms with Crippen molar-refractivity contribution in [3.63, 3.8) is 0 Å². The largest absolute Gasteiger partial charge is 0.491 e. The van der Waals surface area contributed by atoms with E-state index in [4.69, 9.17) is 9.47 Å². The van der Waals surface area contributed by atoms with E-state index in [0.29, 0.717) is 0 Å². The first-order valence-electron chi connectivity index (χ1n) is 10.7. The molecule has 0 bridgehead atoms. The first-order valence-corrected chi connectivity index (χ1v) is 10.7. The van der Waals surface area contributed by atoms with E-state index >= 15 is 0 Å². The fourth-order valence-corrected chi connectivity index (χ4v) is 3.45. The predicted octanol–water partition coefficient (Wildman–Crippen LogP) is 3.27. The van der Waals surface area contributed by atoms with Crippen LogP contribution in [0.2, 0.25) is 0 Å². The molecule has 2 atom stereocenters. The molecule has 0 amide bonds. The van der Waals surface area contributed by atoms with E-state index in [0.717, 1.165) is 33.0 Å². The molecule has 0 aliphatic heterocycles. The highest BCUT2D eigenvalue weighted by molar-refractivity contribution is 5.88. The minimum atomic E-state index is -0.701. The third-order valence-electron chi connectivity index (χ3n) is 5.14. The lowest BCUT2D eigenvalue weighted by atomic mass is 10.1. The van der Waals surface area contributed by atoms with Crippen LogP contribution in [0.25, 0.3) is 21.5 Å². The molecular formula is C26H28N2O4. The van der Waals surface area contributed by atoms with Gasteiger partial charge in [0.1, 0.15) is 36.9 Å². The fraction of sp³-hybridized carbons (Fsp3) is 0.231. The number of nitrogens with one attached hydrogen (secondary N) is 2. The van der Waals surface area contributed by atoms with Gasteiger partial charge in [-0.15, -0.1) is 0 Å². The van der Waals surface area contributed by atoms with E-state index < -0.39 is 12.2 Å². The van der Waals surface area contributed by atoms with Crippen LogP contribution >= 0.6 is 0 Å². The summed E-state index contributed by atoms with van der Waals surface area (Å²) in [7, 11) is 0.